The molecular formula is C17H19N3O. The summed E-state index contributed by atoms with van der Waals surface area (Å²) in [6, 6.07) is 9.89. The van der Waals surface area contributed by atoms with Crippen LogP contribution >= 0.6 is 0 Å². The summed E-state index contributed by atoms with van der Waals surface area (Å²) >= 11 is 0. The fraction of sp³-hybridized carbons (Fsp3) is 0.294. The molecule has 1 aliphatic heterocycles. The average molecular weight is 281 g/mol. The number of nitrogens with zero attached hydrogens (tertiary/aromatic N) is 2. The molecule has 21 heavy (non-hydrogen) atoms. The van der Waals surface area contributed by atoms with Gasteiger partial charge in [-0.15, -0.1) is 0 Å². The number of aromatic nitrogens is 1. The molecule has 0 aliphatic carbocycles. The number of pyridine rings is 1. The van der Waals surface area contributed by atoms with Crippen molar-refractivity contribution in [1.29, 1.82) is 0 Å². The number of anilines is 1. The molecule has 0 radical (unpaired) electrons. The minimum Gasteiger partial charge on any atom is -0.374 e. The van der Waals surface area contributed by atoms with Crippen LogP contribution in [0.25, 0.3) is 0 Å². The molecule has 1 aliphatic rings. The zero-order valence-electron chi connectivity index (χ0n) is 12.2. The van der Waals surface area contributed by atoms with Gasteiger partial charge in [-0.1, -0.05) is 12.1 Å². The van der Waals surface area contributed by atoms with Crippen LogP contribution in [0.3, 0.4) is 0 Å². The van der Waals surface area contributed by atoms with Crippen molar-refractivity contribution in [2.75, 3.05) is 18.5 Å². The Morgan fingerprint density at radius 2 is 2.10 bits per heavy atom. The highest BCUT2D eigenvalue weighted by atomic mass is 16.1. The van der Waals surface area contributed by atoms with Gasteiger partial charge in [0.2, 0.25) is 0 Å². The van der Waals surface area contributed by atoms with Gasteiger partial charge in [0.05, 0.1) is 0 Å². The summed E-state index contributed by atoms with van der Waals surface area (Å²) in [6.07, 6.45) is 5.56. The second-order valence-electron chi connectivity index (χ2n) is 5.41. The largest absolute Gasteiger partial charge is 0.374 e. The van der Waals surface area contributed by atoms with Gasteiger partial charge >= 0.3 is 0 Å². The standard InChI is InChI=1S/C17H19N3O/c1-20-10-2-3-15-11-13(4-5-16(15)20)12-19-17(21)14-6-8-18-9-7-14/h4-9,11H,2-3,10,12H2,1H3,(H,19,21). The van der Waals surface area contributed by atoms with Crippen LogP contribution in [0.4, 0.5) is 5.69 Å². The van der Waals surface area contributed by atoms with Crippen molar-refractivity contribution in [3.8, 4) is 0 Å². The van der Waals surface area contributed by atoms with E-state index in [-0.39, 0.29) is 5.91 Å². The van der Waals surface area contributed by atoms with Crippen LogP contribution in [0.2, 0.25) is 0 Å². The van der Waals surface area contributed by atoms with Gasteiger partial charge in [-0.2, -0.15) is 0 Å². The molecule has 0 saturated carbocycles. The van der Waals surface area contributed by atoms with Crippen LogP contribution in [0.1, 0.15) is 27.9 Å². The predicted molar refractivity (Wildman–Crippen MR) is 83.4 cm³/mol. The number of aryl methyl sites for hydroxylation is 1. The molecule has 2 aromatic rings. The first-order valence-electron chi connectivity index (χ1n) is 7.25. The maximum atomic E-state index is 12.0. The normalized spacial score (nSPS) is 13.7. The van der Waals surface area contributed by atoms with Gasteiger partial charge in [0.25, 0.3) is 5.91 Å². The lowest BCUT2D eigenvalue weighted by atomic mass is 9.99. The van der Waals surface area contributed by atoms with E-state index in [1.54, 1.807) is 24.5 Å². The highest BCUT2D eigenvalue weighted by Gasteiger charge is 2.13. The van der Waals surface area contributed by atoms with Crippen molar-refractivity contribution < 1.29 is 4.79 Å². The Labute approximate surface area is 124 Å². The third kappa shape index (κ3) is 3.05. The van der Waals surface area contributed by atoms with Gasteiger partial charge in [0.15, 0.2) is 0 Å². The Balaban J connectivity index is 1.67. The van der Waals surface area contributed by atoms with E-state index in [4.69, 9.17) is 0 Å². The number of hydrogen-bond acceptors (Lipinski definition) is 3. The lowest BCUT2D eigenvalue weighted by molar-refractivity contribution is 0.0951. The van der Waals surface area contributed by atoms with Gasteiger partial charge in [-0.25, -0.2) is 0 Å². The van der Waals surface area contributed by atoms with E-state index in [9.17, 15) is 4.79 Å². The summed E-state index contributed by atoms with van der Waals surface area (Å²) in [5.74, 6) is -0.0627. The first kappa shape index (κ1) is 13.6. The Kier molecular flexibility index (Phi) is 3.86. The van der Waals surface area contributed by atoms with Gasteiger partial charge in [-0.05, 0) is 42.2 Å². The lowest BCUT2D eigenvalue weighted by Gasteiger charge is -2.27. The third-order valence-corrected chi connectivity index (χ3v) is 3.89. The number of carbonyl (C=O) groups excluding carboxylic acids is 1. The van der Waals surface area contributed by atoms with Crippen LogP contribution in [-0.4, -0.2) is 24.5 Å². The minimum atomic E-state index is -0.0627. The highest BCUT2D eigenvalue weighted by Crippen LogP contribution is 2.26. The first-order chi connectivity index (χ1) is 10.2. The predicted octanol–water partition coefficient (Wildman–Crippen LogP) is 2.39. The monoisotopic (exact) mass is 281 g/mol. The van der Waals surface area contributed by atoms with E-state index < -0.39 is 0 Å². The molecule has 0 atom stereocenters. The number of benzene rings is 1. The van der Waals surface area contributed by atoms with Gasteiger partial charge < -0.3 is 10.2 Å². The third-order valence-electron chi connectivity index (χ3n) is 3.89. The molecular weight excluding hydrogens is 262 g/mol. The molecule has 0 fully saturated rings. The van der Waals surface area contributed by atoms with Crippen LogP contribution < -0.4 is 10.2 Å². The Bertz CT molecular complexity index is 640. The molecule has 3 rings (SSSR count). The van der Waals surface area contributed by atoms with Crippen LogP contribution in [0, 0.1) is 0 Å². The maximum Gasteiger partial charge on any atom is 0.251 e. The zero-order chi connectivity index (χ0) is 14.7. The fourth-order valence-corrected chi connectivity index (χ4v) is 2.74. The van der Waals surface area contributed by atoms with Crippen LogP contribution in [0.15, 0.2) is 42.7 Å². The van der Waals surface area contributed by atoms with Crippen molar-refractivity contribution in [2.45, 2.75) is 19.4 Å². The lowest BCUT2D eigenvalue weighted by Crippen LogP contribution is -2.25. The average Bonchev–Trinajstić information content (AvgIpc) is 2.53. The second kappa shape index (κ2) is 5.95. The Morgan fingerprint density at radius 3 is 2.90 bits per heavy atom. The molecule has 0 saturated heterocycles. The molecule has 0 spiro atoms. The summed E-state index contributed by atoms with van der Waals surface area (Å²) in [7, 11) is 2.13. The van der Waals surface area contributed by atoms with E-state index in [1.807, 2.05) is 0 Å². The number of fused-ring (bicyclic) bond motifs is 1. The Morgan fingerprint density at radius 1 is 1.29 bits per heavy atom. The summed E-state index contributed by atoms with van der Waals surface area (Å²) in [5, 5.41) is 2.95. The van der Waals surface area contributed by atoms with E-state index in [0.717, 1.165) is 18.5 Å². The van der Waals surface area contributed by atoms with E-state index >= 15 is 0 Å². The molecule has 1 N–H and O–H groups in total. The van der Waals surface area contributed by atoms with Crippen LogP contribution in [-0.2, 0) is 13.0 Å². The Hall–Kier alpha value is -2.36. The molecule has 1 amide bonds. The molecule has 2 heterocycles. The van der Waals surface area contributed by atoms with E-state index in [2.05, 4.69) is 40.4 Å². The van der Waals surface area contributed by atoms with Gasteiger partial charge in [0.1, 0.15) is 0 Å². The molecule has 4 nitrogen and oxygen atoms in total. The van der Waals surface area contributed by atoms with E-state index in [1.165, 1.54) is 17.7 Å². The quantitative estimate of drug-likeness (QED) is 0.939. The molecule has 4 heteroatoms. The molecule has 1 aromatic heterocycles. The number of nitrogens with one attached hydrogen (secondary N) is 1. The van der Waals surface area contributed by atoms with Gasteiger partial charge in [0, 0.05) is 43.8 Å². The van der Waals surface area contributed by atoms with E-state index in [0.29, 0.717) is 12.1 Å². The minimum absolute atomic E-state index is 0.0627. The summed E-state index contributed by atoms with van der Waals surface area (Å²) in [6.45, 7) is 1.67. The molecule has 0 unspecified atom stereocenters. The fourth-order valence-electron chi connectivity index (χ4n) is 2.74. The highest BCUT2D eigenvalue weighted by molar-refractivity contribution is 5.93. The first-order valence-corrected chi connectivity index (χ1v) is 7.25. The van der Waals surface area contributed by atoms with Crippen molar-refractivity contribution in [1.82, 2.24) is 10.3 Å². The second-order valence-corrected chi connectivity index (χ2v) is 5.41. The number of rotatable bonds is 3. The molecule has 108 valence electrons. The summed E-state index contributed by atoms with van der Waals surface area (Å²) in [5.41, 5.74) is 4.47. The maximum absolute atomic E-state index is 12.0. The number of hydrogen-bond donors (Lipinski definition) is 1. The van der Waals surface area contributed by atoms with Crippen LogP contribution in [0.5, 0.6) is 0 Å². The summed E-state index contributed by atoms with van der Waals surface area (Å²) in [4.78, 5) is 18.2. The number of amides is 1. The van der Waals surface area contributed by atoms with Crippen molar-refractivity contribution in [3.63, 3.8) is 0 Å². The zero-order valence-corrected chi connectivity index (χ0v) is 12.2. The summed E-state index contributed by atoms with van der Waals surface area (Å²) < 4.78 is 0. The smallest absolute Gasteiger partial charge is 0.251 e. The molecule has 0 bridgehead atoms. The topological polar surface area (TPSA) is 45.2 Å². The number of carbonyl (C=O) groups is 1. The van der Waals surface area contributed by atoms with Crippen molar-refractivity contribution >= 4 is 11.6 Å². The van der Waals surface area contributed by atoms with Crippen molar-refractivity contribution in [3.05, 3.63) is 59.4 Å². The SMILES string of the molecule is CN1CCCc2cc(CNC(=O)c3ccncc3)ccc21. The molecule has 1 aromatic carbocycles. The van der Waals surface area contributed by atoms with Gasteiger partial charge in [-0.3, -0.25) is 9.78 Å². The van der Waals surface area contributed by atoms with Crippen molar-refractivity contribution in [2.24, 2.45) is 0 Å².